The molecule has 2 N–H and O–H groups in total. The lowest BCUT2D eigenvalue weighted by molar-refractivity contribution is -0.114. The normalized spacial score (nSPS) is 13.8. The number of nitrogens with one attached hydrogen (secondary N) is 2. The van der Waals surface area contributed by atoms with Gasteiger partial charge in [0.2, 0.25) is 5.91 Å². The van der Waals surface area contributed by atoms with E-state index in [4.69, 9.17) is 0 Å². The first-order valence-electron chi connectivity index (χ1n) is 8.99. The first-order valence-corrected chi connectivity index (χ1v) is 8.99. The molecule has 1 fully saturated rings. The predicted molar refractivity (Wildman–Crippen MR) is 106 cm³/mol. The summed E-state index contributed by atoms with van der Waals surface area (Å²) in [5.41, 5.74) is 6.69. The number of carbonyl (C=O) groups is 1. The highest BCUT2D eigenvalue weighted by molar-refractivity contribution is 5.94. The average Bonchev–Trinajstić information content (AvgIpc) is 3.09. The third kappa shape index (κ3) is 4.32. The molecule has 1 saturated heterocycles. The molecule has 2 aromatic rings. The van der Waals surface area contributed by atoms with Crippen molar-refractivity contribution in [2.75, 3.05) is 35.2 Å². The number of amides is 1. The van der Waals surface area contributed by atoms with Crippen LogP contribution in [0.3, 0.4) is 0 Å². The van der Waals surface area contributed by atoms with Crippen LogP contribution in [-0.2, 0) is 4.79 Å². The Morgan fingerprint density at radius 3 is 2.20 bits per heavy atom. The molecule has 0 spiro atoms. The third-order valence-electron chi connectivity index (χ3n) is 4.73. The molecule has 132 valence electrons. The van der Waals surface area contributed by atoms with Gasteiger partial charge in [0.1, 0.15) is 0 Å². The minimum Gasteiger partial charge on any atom is -0.376 e. The topological polar surface area (TPSA) is 44.4 Å². The van der Waals surface area contributed by atoms with Crippen LogP contribution in [-0.4, -0.2) is 25.5 Å². The summed E-state index contributed by atoms with van der Waals surface area (Å²) in [5.74, 6) is -0.0340. The smallest absolute Gasteiger partial charge is 0.243 e. The molecule has 0 radical (unpaired) electrons. The first-order chi connectivity index (χ1) is 12.0. The highest BCUT2D eigenvalue weighted by Gasteiger charge is 2.12. The molecular weight excluding hydrogens is 310 g/mol. The van der Waals surface area contributed by atoms with Crippen molar-refractivity contribution in [1.29, 1.82) is 0 Å². The molecule has 2 aromatic carbocycles. The second kappa shape index (κ2) is 7.60. The lowest BCUT2D eigenvalue weighted by Gasteiger charge is -2.18. The standard InChI is InChI=1S/C21H27N3O/c1-15-12-16(2)21(17(3)13-15)22-14-20(25)23-18-6-8-19(9-7-18)24-10-4-5-11-24/h6-9,12-13,22H,4-5,10-11,14H2,1-3H3,(H,23,25). The van der Waals surface area contributed by atoms with Gasteiger partial charge in [-0.1, -0.05) is 17.7 Å². The van der Waals surface area contributed by atoms with Gasteiger partial charge in [-0.15, -0.1) is 0 Å². The maximum atomic E-state index is 12.2. The molecule has 0 aromatic heterocycles. The maximum Gasteiger partial charge on any atom is 0.243 e. The van der Waals surface area contributed by atoms with Crippen LogP contribution >= 0.6 is 0 Å². The first kappa shape index (κ1) is 17.3. The van der Waals surface area contributed by atoms with E-state index in [2.05, 4.69) is 60.6 Å². The number of hydrogen-bond acceptors (Lipinski definition) is 3. The largest absolute Gasteiger partial charge is 0.376 e. The zero-order valence-corrected chi connectivity index (χ0v) is 15.4. The predicted octanol–water partition coefficient (Wildman–Crippen LogP) is 4.26. The summed E-state index contributed by atoms with van der Waals surface area (Å²) in [4.78, 5) is 14.6. The number of hydrogen-bond donors (Lipinski definition) is 2. The minimum absolute atomic E-state index is 0.0340. The number of nitrogens with zero attached hydrogens (tertiary/aromatic N) is 1. The molecule has 0 bridgehead atoms. The second-order valence-electron chi connectivity index (χ2n) is 6.92. The van der Waals surface area contributed by atoms with Crippen LogP contribution < -0.4 is 15.5 Å². The fraction of sp³-hybridized carbons (Fsp3) is 0.381. The molecule has 0 unspecified atom stereocenters. The van der Waals surface area contributed by atoms with Crippen molar-refractivity contribution >= 4 is 23.0 Å². The highest BCUT2D eigenvalue weighted by Crippen LogP contribution is 2.23. The highest BCUT2D eigenvalue weighted by atomic mass is 16.1. The summed E-state index contributed by atoms with van der Waals surface area (Å²) in [6.07, 6.45) is 2.53. The van der Waals surface area contributed by atoms with E-state index in [1.807, 2.05) is 12.1 Å². The number of carbonyl (C=O) groups excluding carboxylic acids is 1. The molecular formula is C21H27N3O. The Bertz CT molecular complexity index is 723. The second-order valence-corrected chi connectivity index (χ2v) is 6.92. The van der Waals surface area contributed by atoms with Gasteiger partial charge in [0.15, 0.2) is 0 Å². The van der Waals surface area contributed by atoms with Gasteiger partial charge in [-0.05, 0) is 69.0 Å². The number of anilines is 3. The number of rotatable bonds is 5. The Morgan fingerprint density at radius 1 is 1.00 bits per heavy atom. The van der Waals surface area contributed by atoms with E-state index >= 15 is 0 Å². The summed E-state index contributed by atoms with van der Waals surface area (Å²) in [6.45, 7) is 8.74. The van der Waals surface area contributed by atoms with E-state index in [9.17, 15) is 4.79 Å². The molecule has 0 saturated carbocycles. The van der Waals surface area contributed by atoms with Gasteiger partial charge >= 0.3 is 0 Å². The lowest BCUT2D eigenvalue weighted by Crippen LogP contribution is -2.22. The van der Waals surface area contributed by atoms with E-state index in [0.717, 1.165) is 24.5 Å². The minimum atomic E-state index is -0.0340. The summed E-state index contributed by atoms with van der Waals surface area (Å²) in [5, 5.41) is 6.22. The molecule has 3 rings (SSSR count). The van der Waals surface area contributed by atoms with Gasteiger partial charge in [0.05, 0.1) is 6.54 Å². The van der Waals surface area contributed by atoms with E-state index in [1.165, 1.54) is 35.2 Å². The van der Waals surface area contributed by atoms with E-state index in [0.29, 0.717) is 0 Å². The summed E-state index contributed by atoms with van der Waals surface area (Å²) < 4.78 is 0. The number of aryl methyl sites for hydroxylation is 3. The monoisotopic (exact) mass is 337 g/mol. The fourth-order valence-electron chi connectivity index (χ4n) is 3.56. The van der Waals surface area contributed by atoms with Crippen LogP contribution in [0, 0.1) is 20.8 Å². The van der Waals surface area contributed by atoms with Crippen molar-refractivity contribution in [3.63, 3.8) is 0 Å². The molecule has 1 heterocycles. The summed E-state index contributed by atoms with van der Waals surface area (Å²) >= 11 is 0. The van der Waals surface area contributed by atoms with Crippen LogP contribution in [0.15, 0.2) is 36.4 Å². The average molecular weight is 337 g/mol. The Morgan fingerprint density at radius 2 is 1.60 bits per heavy atom. The van der Waals surface area contributed by atoms with Gasteiger partial charge in [-0.3, -0.25) is 4.79 Å². The van der Waals surface area contributed by atoms with Crippen LogP contribution in [0.25, 0.3) is 0 Å². The van der Waals surface area contributed by atoms with Crippen LogP contribution in [0.1, 0.15) is 29.5 Å². The summed E-state index contributed by atoms with van der Waals surface area (Å²) in [6, 6.07) is 12.4. The van der Waals surface area contributed by atoms with Gasteiger partial charge in [0, 0.05) is 30.2 Å². The van der Waals surface area contributed by atoms with E-state index in [1.54, 1.807) is 0 Å². The third-order valence-corrected chi connectivity index (χ3v) is 4.73. The Labute approximate surface area is 150 Å². The number of benzene rings is 2. The molecule has 0 atom stereocenters. The van der Waals surface area contributed by atoms with Crippen molar-refractivity contribution in [2.45, 2.75) is 33.6 Å². The van der Waals surface area contributed by atoms with Crippen molar-refractivity contribution in [1.82, 2.24) is 0 Å². The van der Waals surface area contributed by atoms with E-state index in [-0.39, 0.29) is 12.5 Å². The van der Waals surface area contributed by atoms with Crippen LogP contribution in [0.5, 0.6) is 0 Å². The van der Waals surface area contributed by atoms with Crippen molar-refractivity contribution < 1.29 is 4.79 Å². The molecule has 25 heavy (non-hydrogen) atoms. The zero-order valence-electron chi connectivity index (χ0n) is 15.4. The van der Waals surface area contributed by atoms with Gasteiger partial charge in [-0.2, -0.15) is 0 Å². The zero-order chi connectivity index (χ0) is 17.8. The van der Waals surface area contributed by atoms with E-state index < -0.39 is 0 Å². The SMILES string of the molecule is Cc1cc(C)c(NCC(=O)Nc2ccc(N3CCCC3)cc2)c(C)c1. The molecule has 0 aliphatic carbocycles. The Hall–Kier alpha value is -2.49. The quantitative estimate of drug-likeness (QED) is 0.857. The fourth-order valence-corrected chi connectivity index (χ4v) is 3.56. The maximum absolute atomic E-state index is 12.2. The van der Waals surface area contributed by atoms with Gasteiger partial charge < -0.3 is 15.5 Å². The molecule has 1 aliphatic rings. The molecule has 1 aliphatic heterocycles. The van der Waals surface area contributed by atoms with Gasteiger partial charge in [0.25, 0.3) is 0 Å². The summed E-state index contributed by atoms with van der Waals surface area (Å²) in [7, 11) is 0. The Kier molecular flexibility index (Phi) is 5.27. The van der Waals surface area contributed by atoms with Crippen LogP contribution in [0.4, 0.5) is 17.1 Å². The van der Waals surface area contributed by atoms with Crippen LogP contribution in [0.2, 0.25) is 0 Å². The molecule has 4 nitrogen and oxygen atoms in total. The molecule has 4 heteroatoms. The van der Waals surface area contributed by atoms with Crippen molar-refractivity contribution in [3.05, 3.63) is 53.1 Å². The van der Waals surface area contributed by atoms with Gasteiger partial charge in [-0.25, -0.2) is 0 Å². The van der Waals surface area contributed by atoms with Crippen molar-refractivity contribution in [3.8, 4) is 0 Å². The lowest BCUT2D eigenvalue weighted by atomic mass is 10.1. The van der Waals surface area contributed by atoms with Crippen molar-refractivity contribution in [2.24, 2.45) is 0 Å². The Balaban J connectivity index is 1.56. The molecule has 1 amide bonds.